The highest BCUT2D eigenvalue weighted by Gasteiger charge is 2.10. The van der Waals surface area contributed by atoms with Gasteiger partial charge in [-0.15, -0.1) is 11.3 Å². The zero-order valence-electron chi connectivity index (χ0n) is 9.20. The van der Waals surface area contributed by atoms with E-state index in [9.17, 15) is 0 Å². The van der Waals surface area contributed by atoms with Gasteiger partial charge in [-0.05, 0) is 38.1 Å². The van der Waals surface area contributed by atoms with Gasteiger partial charge in [0.25, 0.3) is 0 Å². The van der Waals surface area contributed by atoms with Gasteiger partial charge in [-0.1, -0.05) is 15.9 Å². The maximum atomic E-state index is 4.26. The molecular formula is C12H13BrN2S. The molecule has 84 valence electrons. The van der Waals surface area contributed by atoms with Gasteiger partial charge in [0.05, 0.1) is 17.2 Å². The van der Waals surface area contributed by atoms with E-state index >= 15 is 0 Å². The van der Waals surface area contributed by atoms with Crippen LogP contribution in [-0.2, 0) is 0 Å². The van der Waals surface area contributed by atoms with Crippen LogP contribution in [0.4, 0.5) is 5.69 Å². The van der Waals surface area contributed by atoms with Crippen LogP contribution in [0.3, 0.4) is 0 Å². The van der Waals surface area contributed by atoms with Crippen LogP contribution in [-0.4, -0.2) is 4.98 Å². The summed E-state index contributed by atoms with van der Waals surface area (Å²) in [5, 5.41) is 3.46. The number of benzene rings is 1. The van der Waals surface area contributed by atoms with E-state index in [0.717, 1.165) is 15.9 Å². The number of aromatic nitrogens is 1. The molecule has 0 radical (unpaired) electrons. The zero-order chi connectivity index (χ0) is 11.5. The Morgan fingerprint density at radius 3 is 2.56 bits per heavy atom. The fourth-order valence-electron chi connectivity index (χ4n) is 1.59. The summed E-state index contributed by atoms with van der Waals surface area (Å²) in [6.45, 7) is 4.20. The normalized spacial score (nSPS) is 12.4. The van der Waals surface area contributed by atoms with Crippen molar-refractivity contribution in [3.8, 4) is 0 Å². The van der Waals surface area contributed by atoms with E-state index in [1.165, 1.54) is 4.88 Å². The molecule has 2 aromatic rings. The average molecular weight is 297 g/mol. The van der Waals surface area contributed by atoms with Crippen molar-refractivity contribution >= 4 is 33.0 Å². The third kappa shape index (κ3) is 2.62. The lowest BCUT2D eigenvalue weighted by Crippen LogP contribution is -2.05. The van der Waals surface area contributed by atoms with Crippen LogP contribution in [0, 0.1) is 6.92 Å². The molecule has 1 heterocycles. The van der Waals surface area contributed by atoms with Gasteiger partial charge < -0.3 is 5.32 Å². The predicted octanol–water partition coefficient (Wildman–Crippen LogP) is 4.39. The van der Waals surface area contributed by atoms with Crippen LogP contribution in [0.1, 0.15) is 23.5 Å². The van der Waals surface area contributed by atoms with E-state index in [-0.39, 0.29) is 0 Å². The Bertz CT molecular complexity index is 464. The first-order valence-electron chi connectivity index (χ1n) is 5.09. The minimum absolute atomic E-state index is 0.300. The summed E-state index contributed by atoms with van der Waals surface area (Å²) in [5.74, 6) is 0. The van der Waals surface area contributed by atoms with Gasteiger partial charge in [-0.25, -0.2) is 4.98 Å². The summed E-state index contributed by atoms with van der Waals surface area (Å²) >= 11 is 5.12. The quantitative estimate of drug-likeness (QED) is 0.909. The number of hydrogen-bond donors (Lipinski definition) is 1. The Morgan fingerprint density at radius 2 is 2.00 bits per heavy atom. The first kappa shape index (κ1) is 11.6. The van der Waals surface area contributed by atoms with E-state index in [1.54, 1.807) is 11.3 Å². The van der Waals surface area contributed by atoms with Crippen molar-refractivity contribution in [2.24, 2.45) is 0 Å². The molecule has 0 spiro atoms. The molecular weight excluding hydrogens is 284 g/mol. The number of nitrogens with zero attached hydrogens (tertiary/aromatic N) is 1. The molecule has 0 saturated carbocycles. The minimum atomic E-state index is 0.300. The fraction of sp³-hybridized carbons (Fsp3) is 0.250. The largest absolute Gasteiger partial charge is 0.378 e. The molecule has 16 heavy (non-hydrogen) atoms. The van der Waals surface area contributed by atoms with Crippen molar-refractivity contribution in [2.45, 2.75) is 19.9 Å². The van der Waals surface area contributed by atoms with Crippen LogP contribution < -0.4 is 5.32 Å². The summed E-state index contributed by atoms with van der Waals surface area (Å²) in [6.07, 6.45) is 0. The summed E-state index contributed by atoms with van der Waals surface area (Å²) in [6, 6.07) is 8.51. The zero-order valence-corrected chi connectivity index (χ0v) is 11.6. The molecule has 1 aromatic carbocycles. The number of rotatable bonds is 3. The van der Waals surface area contributed by atoms with Gasteiger partial charge in [0.1, 0.15) is 0 Å². The number of aryl methyl sites for hydroxylation is 1. The SMILES string of the molecule is Cc1ncsc1C(C)Nc1ccc(Br)cc1. The lowest BCUT2D eigenvalue weighted by molar-refractivity contribution is 0.890. The summed E-state index contributed by atoms with van der Waals surface area (Å²) in [5.41, 5.74) is 4.13. The van der Waals surface area contributed by atoms with E-state index in [1.807, 2.05) is 24.6 Å². The minimum Gasteiger partial charge on any atom is -0.378 e. The Kier molecular flexibility index (Phi) is 3.61. The van der Waals surface area contributed by atoms with Crippen molar-refractivity contribution < 1.29 is 0 Å². The molecule has 1 aromatic heterocycles. The van der Waals surface area contributed by atoms with E-state index in [0.29, 0.717) is 6.04 Å². The molecule has 0 saturated heterocycles. The van der Waals surface area contributed by atoms with Gasteiger partial charge >= 0.3 is 0 Å². The van der Waals surface area contributed by atoms with Crippen LogP contribution in [0.5, 0.6) is 0 Å². The Morgan fingerprint density at radius 1 is 1.31 bits per heavy atom. The highest BCUT2D eigenvalue weighted by Crippen LogP contribution is 2.25. The molecule has 0 aliphatic carbocycles. The monoisotopic (exact) mass is 296 g/mol. The molecule has 1 atom stereocenters. The van der Waals surface area contributed by atoms with Gasteiger partial charge in [0.2, 0.25) is 0 Å². The molecule has 2 nitrogen and oxygen atoms in total. The third-order valence-electron chi connectivity index (χ3n) is 2.40. The second-order valence-corrected chi connectivity index (χ2v) is 5.48. The fourth-order valence-corrected chi connectivity index (χ4v) is 2.66. The lowest BCUT2D eigenvalue weighted by Gasteiger charge is -2.14. The lowest BCUT2D eigenvalue weighted by atomic mass is 10.2. The van der Waals surface area contributed by atoms with Gasteiger partial charge in [0, 0.05) is 15.0 Å². The van der Waals surface area contributed by atoms with E-state index in [2.05, 4.69) is 45.3 Å². The maximum absolute atomic E-state index is 4.26. The third-order valence-corrected chi connectivity index (χ3v) is 4.05. The van der Waals surface area contributed by atoms with Crippen molar-refractivity contribution in [3.63, 3.8) is 0 Å². The Hall–Kier alpha value is -0.870. The smallest absolute Gasteiger partial charge is 0.0798 e. The second kappa shape index (κ2) is 4.97. The Balaban J connectivity index is 2.10. The predicted molar refractivity (Wildman–Crippen MR) is 73.0 cm³/mol. The van der Waals surface area contributed by atoms with Gasteiger partial charge in [-0.3, -0.25) is 0 Å². The van der Waals surface area contributed by atoms with E-state index < -0.39 is 0 Å². The number of halogens is 1. The number of hydrogen-bond acceptors (Lipinski definition) is 3. The molecule has 0 aliphatic heterocycles. The highest BCUT2D eigenvalue weighted by molar-refractivity contribution is 9.10. The topological polar surface area (TPSA) is 24.9 Å². The molecule has 1 N–H and O–H groups in total. The summed E-state index contributed by atoms with van der Waals surface area (Å²) in [7, 11) is 0. The van der Waals surface area contributed by atoms with Crippen molar-refractivity contribution in [1.29, 1.82) is 0 Å². The standard InChI is InChI=1S/C12H13BrN2S/c1-8-12(16-7-14-8)9(2)15-11-5-3-10(13)4-6-11/h3-7,9,15H,1-2H3. The van der Waals surface area contributed by atoms with Crippen molar-refractivity contribution in [1.82, 2.24) is 4.98 Å². The maximum Gasteiger partial charge on any atom is 0.0798 e. The van der Waals surface area contributed by atoms with Gasteiger partial charge in [0.15, 0.2) is 0 Å². The van der Waals surface area contributed by atoms with Crippen LogP contribution in [0.15, 0.2) is 34.2 Å². The summed E-state index contributed by atoms with van der Waals surface area (Å²) < 4.78 is 1.10. The van der Waals surface area contributed by atoms with Crippen LogP contribution in [0.2, 0.25) is 0 Å². The molecule has 2 rings (SSSR count). The highest BCUT2D eigenvalue weighted by atomic mass is 79.9. The Labute approximate surface area is 108 Å². The van der Waals surface area contributed by atoms with Gasteiger partial charge in [-0.2, -0.15) is 0 Å². The van der Waals surface area contributed by atoms with Crippen LogP contribution >= 0.6 is 27.3 Å². The average Bonchev–Trinajstić information content (AvgIpc) is 2.68. The first-order valence-corrected chi connectivity index (χ1v) is 6.76. The number of anilines is 1. The number of thiazole rings is 1. The molecule has 0 bridgehead atoms. The molecule has 1 unspecified atom stereocenters. The molecule has 0 aliphatic rings. The molecule has 0 fully saturated rings. The molecule has 0 amide bonds. The second-order valence-electron chi connectivity index (χ2n) is 3.67. The number of nitrogens with one attached hydrogen (secondary N) is 1. The van der Waals surface area contributed by atoms with Crippen molar-refractivity contribution in [3.05, 3.63) is 44.8 Å². The molecule has 4 heteroatoms. The van der Waals surface area contributed by atoms with E-state index in [4.69, 9.17) is 0 Å². The van der Waals surface area contributed by atoms with Crippen molar-refractivity contribution in [2.75, 3.05) is 5.32 Å². The first-order chi connectivity index (χ1) is 7.66. The summed E-state index contributed by atoms with van der Waals surface area (Å²) in [4.78, 5) is 5.56. The van der Waals surface area contributed by atoms with Crippen LogP contribution in [0.25, 0.3) is 0 Å².